The van der Waals surface area contributed by atoms with Crippen LogP contribution in [0.4, 0.5) is 0 Å². The maximum atomic E-state index is 12.9. The van der Waals surface area contributed by atoms with Gasteiger partial charge in [-0.2, -0.15) is 0 Å². The van der Waals surface area contributed by atoms with Crippen molar-refractivity contribution in [3.8, 4) is 0 Å². The molecule has 0 bridgehead atoms. The van der Waals surface area contributed by atoms with Crippen molar-refractivity contribution in [3.63, 3.8) is 0 Å². The lowest BCUT2D eigenvalue weighted by Crippen LogP contribution is -2.16. The van der Waals surface area contributed by atoms with Gasteiger partial charge in [0.1, 0.15) is 0 Å². The number of nitrogens with two attached hydrogens (primary N) is 1. The molecule has 4 heteroatoms. The number of hydrogen-bond donors (Lipinski definition) is 1. The summed E-state index contributed by atoms with van der Waals surface area (Å²) in [6.45, 7) is 3.68. The molecule has 22 heavy (non-hydrogen) atoms. The van der Waals surface area contributed by atoms with Gasteiger partial charge in [-0.25, -0.2) is 0 Å². The first-order valence-corrected chi connectivity index (χ1v) is 7.02. The molecule has 0 saturated carbocycles. The molecule has 0 aliphatic heterocycles. The van der Waals surface area contributed by atoms with Gasteiger partial charge in [-0.15, -0.1) is 0 Å². The zero-order valence-corrected chi connectivity index (χ0v) is 12.5. The molecule has 3 rings (SSSR count). The maximum absolute atomic E-state index is 12.9. The first-order chi connectivity index (χ1) is 10.5. The molecular formula is C18H16N2O2. The number of rotatable bonds is 2. The highest BCUT2D eigenvalue weighted by atomic mass is 16.2. The number of carbonyl (C=O) groups excluding carboxylic acids is 2. The smallest absolute Gasteiger partial charge is 0.262 e. The van der Waals surface area contributed by atoms with Gasteiger partial charge in [-0.1, -0.05) is 35.9 Å². The molecule has 0 radical (unpaired) electrons. The number of primary amides is 1. The molecule has 0 unspecified atom stereocenters. The van der Waals surface area contributed by atoms with E-state index in [2.05, 4.69) is 0 Å². The summed E-state index contributed by atoms with van der Waals surface area (Å²) < 4.78 is 1.56. The van der Waals surface area contributed by atoms with Crippen molar-refractivity contribution in [2.24, 2.45) is 5.73 Å². The maximum Gasteiger partial charge on any atom is 0.262 e. The summed E-state index contributed by atoms with van der Waals surface area (Å²) in [5.74, 6) is -0.686. The number of fused-ring (bicyclic) bond motifs is 1. The Morgan fingerprint density at radius 2 is 1.73 bits per heavy atom. The van der Waals surface area contributed by atoms with E-state index in [-0.39, 0.29) is 5.91 Å². The molecular weight excluding hydrogens is 276 g/mol. The third kappa shape index (κ3) is 2.09. The molecule has 1 amide bonds. The molecule has 0 aliphatic rings. The van der Waals surface area contributed by atoms with Gasteiger partial charge in [0.2, 0.25) is 0 Å². The van der Waals surface area contributed by atoms with Crippen LogP contribution >= 0.6 is 0 Å². The number of aromatic nitrogens is 1. The third-order valence-corrected chi connectivity index (χ3v) is 3.83. The molecule has 2 aromatic carbocycles. The molecule has 0 fully saturated rings. The predicted octanol–water partition coefficient (Wildman–Crippen LogP) is 3.05. The van der Waals surface area contributed by atoms with E-state index in [0.29, 0.717) is 27.7 Å². The van der Waals surface area contributed by atoms with Crippen molar-refractivity contribution < 1.29 is 9.59 Å². The Hall–Kier alpha value is -2.88. The number of carbonyl (C=O) groups is 2. The molecule has 1 heterocycles. The summed E-state index contributed by atoms with van der Waals surface area (Å²) in [6, 6.07) is 14.7. The number of hydrogen-bond acceptors (Lipinski definition) is 2. The normalized spacial score (nSPS) is 10.8. The van der Waals surface area contributed by atoms with E-state index >= 15 is 0 Å². The van der Waals surface area contributed by atoms with Gasteiger partial charge < -0.3 is 5.73 Å². The van der Waals surface area contributed by atoms with E-state index in [0.717, 1.165) is 5.56 Å². The van der Waals surface area contributed by atoms with E-state index in [9.17, 15) is 9.59 Å². The lowest BCUT2D eigenvalue weighted by Gasteiger charge is -2.08. The first kappa shape index (κ1) is 14.1. The van der Waals surface area contributed by atoms with Crippen LogP contribution in [0.5, 0.6) is 0 Å². The highest BCUT2D eigenvalue weighted by molar-refractivity contribution is 6.12. The van der Waals surface area contributed by atoms with Crippen molar-refractivity contribution >= 4 is 22.7 Å². The van der Waals surface area contributed by atoms with Gasteiger partial charge in [0, 0.05) is 16.6 Å². The second-order valence-corrected chi connectivity index (χ2v) is 5.35. The van der Waals surface area contributed by atoms with Crippen LogP contribution in [-0.4, -0.2) is 16.4 Å². The molecule has 0 atom stereocenters. The highest BCUT2D eigenvalue weighted by Gasteiger charge is 2.22. The van der Waals surface area contributed by atoms with Gasteiger partial charge >= 0.3 is 0 Å². The molecule has 1 aromatic heterocycles. The Kier molecular flexibility index (Phi) is 3.29. The van der Waals surface area contributed by atoms with Crippen LogP contribution in [0.2, 0.25) is 0 Å². The van der Waals surface area contributed by atoms with Gasteiger partial charge in [-0.05, 0) is 32.0 Å². The average molecular weight is 292 g/mol. The Bertz CT molecular complexity index is 907. The quantitative estimate of drug-likeness (QED) is 0.789. The summed E-state index contributed by atoms with van der Waals surface area (Å²) in [6.07, 6.45) is 0. The van der Waals surface area contributed by atoms with Crippen molar-refractivity contribution in [1.29, 1.82) is 0 Å². The van der Waals surface area contributed by atoms with Crippen molar-refractivity contribution in [1.82, 2.24) is 4.57 Å². The van der Waals surface area contributed by atoms with E-state index < -0.39 is 5.91 Å². The Labute approximate surface area is 128 Å². The Morgan fingerprint density at radius 1 is 1.00 bits per heavy atom. The van der Waals surface area contributed by atoms with Gasteiger partial charge in [0.15, 0.2) is 0 Å². The average Bonchev–Trinajstić information content (AvgIpc) is 2.78. The fourth-order valence-electron chi connectivity index (χ4n) is 2.85. The van der Waals surface area contributed by atoms with E-state index in [1.165, 1.54) is 0 Å². The number of para-hydroxylation sites is 1. The summed E-state index contributed by atoms with van der Waals surface area (Å²) in [4.78, 5) is 24.6. The standard InChI is InChI=1S/C18H16N2O2/c1-11-6-5-7-13(10-11)18(22)20-12(2)16(17(19)21)14-8-3-4-9-15(14)20/h3-10H,1-2H3,(H2,19,21). The second-order valence-electron chi connectivity index (χ2n) is 5.35. The zero-order valence-electron chi connectivity index (χ0n) is 12.5. The van der Waals surface area contributed by atoms with Crippen LogP contribution < -0.4 is 5.73 Å². The minimum atomic E-state index is -0.524. The molecule has 4 nitrogen and oxygen atoms in total. The van der Waals surface area contributed by atoms with Crippen molar-refractivity contribution in [2.75, 3.05) is 0 Å². The second kappa shape index (κ2) is 5.15. The van der Waals surface area contributed by atoms with E-state index in [4.69, 9.17) is 5.73 Å². The minimum absolute atomic E-state index is 0.162. The summed E-state index contributed by atoms with van der Waals surface area (Å²) in [5.41, 5.74) is 8.75. The fraction of sp³-hybridized carbons (Fsp3) is 0.111. The van der Waals surface area contributed by atoms with Crippen LogP contribution in [0, 0.1) is 13.8 Å². The lowest BCUT2D eigenvalue weighted by atomic mass is 10.1. The molecule has 0 aliphatic carbocycles. The number of benzene rings is 2. The van der Waals surface area contributed by atoms with Crippen molar-refractivity contribution in [3.05, 3.63) is 70.9 Å². The zero-order chi connectivity index (χ0) is 15.9. The third-order valence-electron chi connectivity index (χ3n) is 3.83. The van der Waals surface area contributed by atoms with Gasteiger partial charge in [0.25, 0.3) is 11.8 Å². The lowest BCUT2D eigenvalue weighted by molar-refractivity contribution is 0.0963. The van der Waals surface area contributed by atoms with Gasteiger partial charge in [0.05, 0.1) is 11.1 Å². The predicted molar refractivity (Wildman–Crippen MR) is 86.1 cm³/mol. The van der Waals surface area contributed by atoms with Crippen LogP contribution in [0.1, 0.15) is 32.0 Å². The number of amides is 1. The highest BCUT2D eigenvalue weighted by Crippen LogP contribution is 2.26. The number of aryl methyl sites for hydroxylation is 1. The van der Waals surface area contributed by atoms with Gasteiger partial charge in [-0.3, -0.25) is 14.2 Å². The monoisotopic (exact) mass is 292 g/mol. The first-order valence-electron chi connectivity index (χ1n) is 7.02. The largest absolute Gasteiger partial charge is 0.366 e. The molecule has 110 valence electrons. The van der Waals surface area contributed by atoms with E-state index in [1.807, 2.05) is 49.4 Å². The SMILES string of the molecule is Cc1cccc(C(=O)n2c(C)c(C(N)=O)c3ccccc32)c1. The van der Waals surface area contributed by atoms with Crippen LogP contribution in [0.25, 0.3) is 10.9 Å². The Morgan fingerprint density at radius 3 is 2.41 bits per heavy atom. The summed E-state index contributed by atoms with van der Waals surface area (Å²) in [5, 5.41) is 0.702. The molecule has 0 saturated heterocycles. The topological polar surface area (TPSA) is 65.1 Å². The molecule has 2 N–H and O–H groups in total. The minimum Gasteiger partial charge on any atom is -0.366 e. The molecule has 3 aromatic rings. The van der Waals surface area contributed by atoms with E-state index in [1.54, 1.807) is 17.6 Å². The fourth-order valence-corrected chi connectivity index (χ4v) is 2.85. The van der Waals surface area contributed by atoms with Crippen LogP contribution in [0.15, 0.2) is 48.5 Å². The summed E-state index contributed by atoms with van der Waals surface area (Å²) >= 11 is 0. The Balaban J connectivity index is 2.29. The summed E-state index contributed by atoms with van der Waals surface area (Å²) in [7, 11) is 0. The van der Waals surface area contributed by atoms with Crippen LogP contribution in [0.3, 0.4) is 0 Å². The number of nitrogens with zero attached hydrogens (tertiary/aromatic N) is 1. The van der Waals surface area contributed by atoms with Crippen molar-refractivity contribution in [2.45, 2.75) is 13.8 Å². The molecule has 0 spiro atoms. The van der Waals surface area contributed by atoms with Crippen LogP contribution in [-0.2, 0) is 0 Å².